The van der Waals surface area contributed by atoms with Gasteiger partial charge in [-0.05, 0) is 0 Å². The van der Waals surface area contributed by atoms with Gasteiger partial charge in [-0.15, -0.1) is 0 Å². The number of hydrogen-bond donors (Lipinski definition) is 0. The molecule has 0 aliphatic heterocycles. The van der Waals surface area contributed by atoms with Crippen molar-refractivity contribution in [3.8, 4) is 6.07 Å². The molecule has 0 aromatic carbocycles. The normalized spacial score (nSPS) is 13.6. The van der Waals surface area contributed by atoms with Crippen molar-refractivity contribution >= 4 is 19.2 Å². The summed E-state index contributed by atoms with van der Waals surface area (Å²) in [5.41, 5.74) is 0.0756. The van der Waals surface area contributed by atoms with Gasteiger partial charge in [0.2, 0.25) is 0 Å². The van der Waals surface area contributed by atoms with Gasteiger partial charge in [-0.1, -0.05) is 13.5 Å². The van der Waals surface area contributed by atoms with Crippen molar-refractivity contribution in [1.29, 1.82) is 5.26 Å². The van der Waals surface area contributed by atoms with Gasteiger partial charge in [-0.3, -0.25) is 0 Å². The molecule has 0 aromatic heterocycles. The van der Waals surface area contributed by atoms with Gasteiger partial charge in [0, 0.05) is 0 Å². The van der Waals surface area contributed by atoms with Crippen molar-refractivity contribution in [2.24, 2.45) is 0 Å². The first-order chi connectivity index (χ1) is 3.18. The maximum atomic E-state index is 8.20. The Bertz CT molecular complexity index is 86.2. The smallest absolute Gasteiger partial charge is 0.179 e. The summed E-state index contributed by atoms with van der Waals surface area (Å²) in [7, 11) is -0.852. The highest BCUT2D eigenvalue weighted by Gasteiger charge is 2.08. The summed E-state index contributed by atoms with van der Waals surface area (Å²) in [4.78, 5) is 0. The molecular weight excluding hydrogens is 126 g/mol. The van der Waals surface area contributed by atoms with Crippen LogP contribution < -0.4 is 0 Å². The molecule has 0 saturated carbocycles. The van der Waals surface area contributed by atoms with E-state index >= 15 is 0 Å². The Morgan fingerprint density at radius 2 is 2.29 bits per heavy atom. The van der Waals surface area contributed by atoms with Crippen molar-refractivity contribution in [1.82, 2.24) is 0 Å². The van der Waals surface area contributed by atoms with Crippen LogP contribution in [0.5, 0.6) is 0 Å². The lowest BCUT2D eigenvalue weighted by molar-refractivity contribution is 1.19. The Labute approximate surface area is 50.2 Å². The maximum absolute atomic E-state index is 8.20. The lowest BCUT2D eigenvalue weighted by Gasteiger charge is -1.96. The largest absolute Gasteiger partial charge is 0.198 e. The predicted octanol–water partition coefficient (Wildman–Crippen LogP) is 1.76. The number of halogens is 1. The van der Waals surface area contributed by atoms with E-state index in [2.05, 4.69) is 6.07 Å². The van der Waals surface area contributed by atoms with Crippen LogP contribution in [-0.2, 0) is 0 Å². The standard InChI is InChI=1S/C4H7ClNSi/c1-4(3-6)7(2)5/h4H,1-2H3/t4-/m0/s1. The number of rotatable bonds is 1. The topological polar surface area (TPSA) is 23.8 Å². The van der Waals surface area contributed by atoms with Gasteiger partial charge in [0.05, 0.1) is 11.6 Å². The Balaban J connectivity index is 3.40. The maximum Gasteiger partial charge on any atom is 0.179 e. The van der Waals surface area contributed by atoms with Crippen LogP contribution in [0.2, 0.25) is 12.1 Å². The Morgan fingerprint density at radius 3 is 2.29 bits per heavy atom. The van der Waals surface area contributed by atoms with Crippen molar-refractivity contribution in [2.45, 2.75) is 19.0 Å². The Morgan fingerprint density at radius 1 is 1.86 bits per heavy atom. The summed E-state index contributed by atoms with van der Waals surface area (Å²) >= 11 is 5.61. The number of nitrogens with zero attached hydrogens (tertiary/aromatic N) is 1. The molecule has 0 spiro atoms. The zero-order valence-electron chi connectivity index (χ0n) is 4.40. The van der Waals surface area contributed by atoms with Crippen LogP contribution in [-0.4, -0.2) is 8.11 Å². The highest BCUT2D eigenvalue weighted by atomic mass is 35.6. The van der Waals surface area contributed by atoms with Crippen LogP contribution in [0.25, 0.3) is 0 Å². The van der Waals surface area contributed by atoms with E-state index in [0.29, 0.717) is 0 Å². The first-order valence-corrected chi connectivity index (χ1v) is 5.16. The molecule has 0 N–H and O–H groups in total. The van der Waals surface area contributed by atoms with Crippen LogP contribution in [0, 0.1) is 11.3 Å². The fourth-order valence-electron chi connectivity index (χ4n) is 0.0889. The summed E-state index contributed by atoms with van der Waals surface area (Å²) in [5.74, 6) is 0. The van der Waals surface area contributed by atoms with Crippen LogP contribution in [0.1, 0.15) is 6.92 Å². The van der Waals surface area contributed by atoms with E-state index in [9.17, 15) is 0 Å². The SMILES string of the molecule is C[C@@H](C#N)[Si](C)Cl. The van der Waals surface area contributed by atoms with E-state index in [1.807, 2.05) is 13.5 Å². The van der Waals surface area contributed by atoms with E-state index < -0.39 is 8.11 Å². The van der Waals surface area contributed by atoms with Crippen molar-refractivity contribution in [2.75, 3.05) is 0 Å². The fourth-order valence-corrected chi connectivity index (χ4v) is 0.413. The second-order valence-corrected chi connectivity index (χ2v) is 5.27. The minimum atomic E-state index is -0.852. The van der Waals surface area contributed by atoms with Gasteiger partial charge >= 0.3 is 0 Å². The van der Waals surface area contributed by atoms with Crippen LogP contribution in [0.4, 0.5) is 0 Å². The van der Waals surface area contributed by atoms with Gasteiger partial charge in [-0.2, -0.15) is 16.3 Å². The number of hydrogen-bond acceptors (Lipinski definition) is 1. The molecule has 7 heavy (non-hydrogen) atoms. The first-order valence-electron chi connectivity index (χ1n) is 2.07. The highest BCUT2D eigenvalue weighted by molar-refractivity contribution is 7.07. The third-order valence-electron chi connectivity index (χ3n) is 0.790. The molecule has 0 aliphatic carbocycles. The van der Waals surface area contributed by atoms with Crippen molar-refractivity contribution < 1.29 is 0 Å². The number of nitriles is 1. The van der Waals surface area contributed by atoms with E-state index in [0.717, 1.165) is 0 Å². The van der Waals surface area contributed by atoms with Crippen molar-refractivity contribution in [3.05, 3.63) is 0 Å². The predicted molar refractivity (Wildman–Crippen MR) is 32.5 cm³/mol. The first kappa shape index (κ1) is 7.00. The van der Waals surface area contributed by atoms with E-state index in [4.69, 9.17) is 16.3 Å². The third kappa shape index (κ3) is 2.66. The molecule has 0 aromatic rings. The fraction of sp³-hybridized carbons (Fsp3) is 0.750. The summed E-state index contributed by atoms with van der Waals surface area (Å²) in [6, 6.07) is 2.08. The quantitative estimate of drug-likeness (QED) is 0.394. The molecule has 0 saturated heterocycles. The average molecular weight is 133 g/mol. The molecule has 0 unspecified atom stereocenters. The molecule has 39 valence electrons. The lowest BCUT2D eigenvalue weighted by atomic mass is 10.5. The molecule has 0 bridgehead atoms. The van der Waals surface area contributed by atoms with Gasteiger partial charge in [0.15, 0.2) is 8.11 Å². The highest BCUT2D eigenvalue weighted by Crippen LogP contribution is 2.08. The van der Waals surface area contributed by atoms with Gasteiger partial charge < -0.3 is 0 Å². The summed E-state index contributed by atoms with van der Waals surface area (Å²) in [6.45, 7) is 3.77. The third-order valence-corrected chi connectivity index (χ3v) is 3.09. The molecule has 1 nitrogen and oxygen atoms in total. The minimum Gasteiger partial charge on any atom is -0.198 e. The van der Waals surface area contributed by atoms with E-state index in [1.165, 1.54) is 0 Å². The summed E-state index contributed by atoms with van der Waals surface area (Å²) in [5, 5.41) is 8.20. The second kappa shape index (κ2) is 3.06. The molecule has 0 rings (SSSR count). The summed E-state index contributed by atoms with van der Waals surface area (Å²) < 4.78 is 0. The zero-order chi connectivity index (χ0) is 5.86. The van der Waals surface area contributed by atoms with Crippen LogP contribution >= 0.6 is 11.1 Å². The monoisotopic (exact) mass is 132 g/mol. The molecule has 0 amide bonds. The Hall–Kier alpha value is -0.00312. The van der Waals surface area contributed by atoms with Gasteiger partial charge in [0.1, 0.15) is 0 Å². The van der Waals surface area contributed by atoms with E-state index in [1.54, 1.807) is 0 Å². The second-order valence-electron chi connectivity index (χ2n) is 1.44. The lowest BCUT2D eigenvalue weighted by Crippen LogP contribution is -2.01. The minimum absolute atomic E-state index is 0.0756. The van der Waals surface area contributed by atoms with E-state index in [-0.39, 0.29) is 5.54 Å². The van der Waals surface area contributed by atoms with Crippen LogP contribution in [0.3, 0.4) is 0 Å². The molecule has 0 fully saturated rings. The van der Waals surface area contributed by atoms with Crippen molar-refractivity contribution in [3.63, 3.8) is 0 Å². The van der Waals surface area contributed by atoms with Crippen LogP contribution in [0.15, 0.2) is 0 Å². The Kier molecular flexibility index (Phi) is 3.06. The molecule has 3 heteroatoms. The average Bonchev–Trinajstić information content (AvgIpc) is 1.65. The molecule has 0 aliphatic rings. The van der Waals surface area contributed by atoms with Gasteiger partial charge in [0.25, 0.3) is 0 Å². The zero-order valence-corrected chi connectivity index (χ0v) is 6.16. The molecule has 1 radical (unpaired) electrons. The molecular formula is C4H7ClNSi. The van der Waals surface area contributed by atoms with Gasteiger partial charge in [-0.25, -0.2) is 0 Å². The molecule has 0 heterocycles. The molecule has 1 atom stereocenters. The summed E-state index contributed by atoms with van der Waals surface area (Å²) in [6.07, 6.45) is 0.